The number of aliphatic hydroxyl groups excluding tert-OH is 1. The Morgan fingerprint density at radius 1 is 0.277 bits per heavy atom. The van der Waals surface area contributed by atoms with E-state index in [4.69, 9.17) is 37.0 Å². The number of aliphatic hydroxyl groups is 1. The maximum absolute atomic E-state index is 13.1. The Morgan fingerprint density at radius 3 is 0.703 bits per heavy atom. The molecule has 17 nitrogen and oxygen atoms in total. The highest BCUT2D eigenvalue weighted by Gasteiger charge is 2.30. The van der Waals surface area contributed by atoms with Gasteiger partial charge in [-0.3, -0.25) is 37.3 Å². The molecular formula is C82H160O17P2. The van der Waals surface area contributed by atoms with Crippen LogP contribution in [0.25, 0.3) is 0 Å². The third-order valence-corrected chi connectivity index (χ3v) is 21.7. The second kappa shape index (κ2) is 71.0. The number of hydrogen-bond acceptors (Lipinski definition) is 15. The van der Waals surface area contributed by atoms with Gasteiger partial charge in [-0.15, -0.1) is 0 Å². The summed E-state index contributed by atoms with van der Waals surface area (Å²) in [6.45, 7) is 14.3. The van der Waals surface area contributed by atoms with Gasteiger partial charge >= 0.3 is 39.5 Å². The van der Waals surface area contributed by atoms with E-state index in [1.807, 2.05) is 0 Å². The average Bonchev–Trinajstić information content (AvgIpc) is 0.981. The van der Waals surface area contributed by atoms with Crippen LogP contribution in [0.5, 0.6) is 0 Å². The van der Waals surface area contributed by atoms with E-state index < -0.39 is 97.5 Å². The van der Waals surface area contributed by atoms with Crippen molar-refractivity contribution < 1.29 is 80.2 Å². The van der Waals surface area contributed by atoms with E-state index in [-0.39, 0.29) is 25.7 Å². The third-order valence-electron chi connectivity index (χ3n) is 19.8. The van der Waals surface area contributed by atoms with Crippen LogP contribution in [0.1, 0.15) is 421 Å². The van der Waals surface area contributed by atoms with Gasteiger partial charge in [-0.05, 0) is 49.4 Å². The average molecular weight is 1480 g/mol. The summed E-state index contributed by atoms with van der Waals surface area (Å²) < 4.78 is 68.7. The molecule has 0 bridgehead atoms. The summed E-state index contributed by atoms with van der Waals surface area (Å²) in [4.78, 5) is 73.0. The van der Waals surface area contributed by atoms with Crippen molar-refractivity contribution >= 4 is 39.5 Å². The van der Waals surface area contributed by atoms with Crippen molar-refractivity contribution in [3.8, 4) is 0 Å². The topological polar surface area (TPSA) is 237 Å². The van der Waals surface area contributed by atoms with Gasteiger partial charge in [0.15, 0.2) is 12.2 Å². The Morgan fingerprint density at radius 2 is 0.475 bits per heavy atom. The summed E-state index contributed by atoms with van der Waals surface area (Å²) in [6.07, 6.45) is 58.4. The molecule has 0 radical (unpaired) electrons. The molecule has 0 aliphatic rings. The zero-order valence-electron chi connectivity index (χ0n) is 66.5. The molecule has 19 heteroatoms. The van der Waals surface area contributed by atoms with Crippen LogP contribution in [0.2, 0.25) is 0 Å². The molecule has 0 rings (SSSR count). The fourth-order valence-corrected chi connectivity index (χ4v) is 14.1. The van der Waals surface area contributed by atoms with Gasteiger partial charge < -0.3 is 33.8 Å². The van der Waals surface area contributed by atoms with Gasteiger partial charge in [0.2, 0.25) is 0 Å². The van der Waals surface area contributed by atoms with Crippen molar-refractivity contribution in [2.75, 3.05) is 39.6 Å². The monoisotopic (exact) mass is 1480 g/mol. The number of ether oxygens (including phenoxy) is 4. The summed E-state index contributed by atoms with van der Waals surface area (Å²) in [7, 11) is -9.92. The lowest BCUT2D eigenvalue weighted by atomic mass is 9.99. The maximum Gasteiger partial charge on any atom is 0.472 e. The first kappa shape index (κ1) is 99.1. The van der Waals surface area contributed by atoms with Gasteiger partial charge in [-0.2, -0.15) is 0 Å². The Labute approximate surface area is 619 Å². The SMILES string of the molecule is CCC(C)CCCCCCCCCCCCCCCCC(=O)OC[C@H](COP(=O)(O)OC[C@@H](O)COP(=O)(O)OC[C@@H](COC(=O)CCCCCCCCC(C)CC)OC(=O)CCCCCCCCCCCCCCCCCCCCC(C)C)OC(=O)CCCCCCCCCCCC(C)C. The second-order valence-electron chi connectivity index (χ2n) is 31.0. The number of phosphoric ester groups is 2. The van der Waals surface area contributed by atoms with E-state index in [2.05, 4.69) is 55.4 Å². The van der Waals surface area contributed by atoms with Gasteiger partial charge in [-0.1, -0.05) is 370 Å². The number of phosphoric acid groups is 2. The highest BCUT2D eigenvalue weighted by Crippen LogP contribution is 2.45. The van der Waals surface area contributed by atoms with Gasteiger partial charge in [-0.25, -0.2) is 9.13 Å². The molecule has 0 spiro atoms. The largest absolute Gasteiger partial charge is 0.472 e. The smallest absolute Gasteiger partial charge is 0.462 e. The van der Waals surface area contributed by atoms with Crippen molar-refractivity contribution in [2.45, 2.75) is 440 Å². The minimum atomic E-state index is -4.96. The lowest BCUT2D eigenvalue weighted by Crippen LogP contribution is -2.30. The van der Waals surface area contributed by atoms with E-state index in [1.165, 1.54) is 218 Å². The molecule has 0 saturated heterocycles. The standard InChI is InChI=1S/C82H160O17P2/c1-9-74(7)60-52-44-36-30-24-20-17-18-21-25-31-37-46-54-62-79(84)92-68-77(98-82(87)65-57-49-39-33-27-29-35-43-51-59-73(5)6)70-96-100(88,89)94-66-76(83)67-95-101(90,91)97-71-78(69-93-80(85)63-55-47-41-40-45-53-61-75(8)10-2)99-81(86)64-56-48-38-32-26-22-16-14-12-11-13-15-19-23-28-34-42-50-58-72(3)4/h72-78,83H,9-71H2,1-8H3,(H,88,89)(H,90,91)/t74?,75?,76-,77-,78-/m1/s1. The van der Waals surface area contributed by atoms with Crippen molar-refractivity contribution in [1.29, 1.82) is 0 Å². The molecule has 0 heterocycles. The second-order valence-corrected chi connectivity index (χ2v) is 33.9. The van der Waals surface area contributed by atoms with E-state index in [1.54, 1.807) is 0 Å². The number of carbonyl (C=O) groups excluding carboxylic acids is 4. The highest BCUT2D eigenvalue weighted by atomic mass is 31.2. The van der Waals surface area contributed by atoms with Gasteiger partial charge in [0.05, 0.1) is 26.4 Å². The fraction of sp³-hybridized carbons (Fsp3) is 0.951. The lowest BCUT2D eigenvalue weighted by Gasteiger charge is -2.21. The van der Waals surface area contributed by atoms with Crippen LogP contribution in [0.15, 0.2) is 0 Å². The molecule has 101 heavy (non-hydrogen) atoms. The number of hydrogen-bond donors (Lipinski definition) is 3. The molecular weight excluding hydrogens is 1320 g/mol. The van der Waals surface area contributed by atoms with E-state index in [0.717, 1.165) is 120 Å². The summed E-state index contributed by atoms with van der Waals surface area (Å²) in [6, 6.07) is 0. The first-order valence-electron chi connectivity index (χ1n) is 42.3. The van der Waals surface area contributed by atoms with Gasteiger partial charge in [0, 0.05) is 25.7 Å². The number of esters is 4. The van der Waals surface area contributed by atoms with Crippen LogP contribution in [-0.4, -0.2) is 96.7 Å². The minimum absolute atomic E-state index is 0.105. The molecule has 3 N–H and O–H groups in total. The zero-order chi connectivity index (χ0) is 74.6. The molecule has 600 valence electrons. The Bertz CT molecular complexity index is 1980. The molecule has 0 aliphatic carbocycles. The summed E-state index contributed by atoms with van der Waals surface area (Å²) >= 11 is 0. The van der Waals surface area contributed by atoms with Crippen LogP contribution < -0.4 is 0 Å². The van der Waals surface area contributed by atoms with Gasteiger partial charge in [0.25, 0.3) is 0 Å². The molecule has 0 aromatic rings. The minimum Gasteiger partial charge on any atom is -0.462 e. The normalized spacial score (nSPS) is 14.5. The van der Waals surface area contributed by atoms with E-state index in [9.17, 15) is 43.2 Å². The van der Waals surface area contributed by atoms with E-state index >= 15 is 0 Å². The summed E-state index contributed by atoms with van der Waals surface area (Å²) in [5, 5.41) is 10.6. The molecule has 0 aromatic heterocycles. The molecule has 0 fully saturated rings. The quantitative estimate of drug-likeness (QED) is 0.0222. The molecule has 0 amide bonds. The van der Waals surface area contributed by atoms with Crippen LogP contribution in [0.3, 0.4) is 0 Å². The first-order chi connectivity index (χ1) is 48.7. The summed E-state index contributed by atoms with van der Waals surface area (Å²) in [5.74, 6) is 1.02. The third kappa shape index (κ3) is 73.4. The summed E-state index contributed by atoms with van der Waals surface area (Å²) in [5.41, 5.74) is 0. The number of carbonyl (C=O) groups is 4. The molecule has 0 aromatic carbocycles. The van der Waals surface area contributed by atoms with Crippen LogP contribution in [0.4, 0.5) is 0 Å². The lowest BCUT2D eigenvalue weighted by molar-refractivity contribution is -0.161. The molecule has 0 aliphatic heterocycles. The predicted molar refractivity (Wildman–Crippen MR) is 414 cm³/mol. The van der Waals surface area contributed by atoms with Crippen LogP contribution >= 0.6 is 15.6 Å². The predicted octanol–water partition coefficient (Wildman–Crippen LogP) is 24.4. The Kier molecular flexibility index (Phi) is 69.6. The highest BCUT2D eigenvalue weighted by molar-refractivity contribution is 7.47. The Balaban J connectivity index is 5.18. The molecule has 4 unspecified atom stereocenters. The Hall–Kier alpha value is -1.94. The van der Waals surface area contributed by atoms with Gasteiger partial charge in [0.1, 0.15) is 19.3 Å². The van der Waals surface area contributed by atoms with Crippen molar-refractivity contribution in [1.82, 2.24) is 0 Å². The first-order valence-corrected chi connectivity index (χ1v) is 45.3. The zero-order valence-corrected chi connectivity index (χ0v) is 68.3. The van der Waals surface area contributed by atoms with Crippen molar-refractivity contribution in [3.05, 3.63) is 0 Å². The van der Waals surface area contributed by atoms with E-state index in [0.29, 0.717) is 25.7 Å². The molecule has 7 atom stereocenters. The van der Waals surface area contributed by atoms with Crippen LogP contribution in [-0.2, 0) is 65.4 Å². The maximum atomic E-state index is 13.1. The number of rotatable bonds is 79. The number of unbranched alkanes of at least 4 members (excludes halogenated alkanes) is 43. The van der Waals surface area contributed by atoms with Crippen molar-refractivity contribution in [3.63, 3.8) is 0 Å². The molecule has 0 saturated carbocycles. The fourth-order valence-electron chi connectivity index (χ4n) is 12.5. The van der Waals surface area contributed by atoms with Crippen LogP contribution in [0, 0.1) is 23.7 Å². The van der Waals surface area contributed by atoms with Crippen molar-refractivity contribution in [2.24, 2.45) is 23.7 Å².